The fourth-order valence-corrected chi connectivity index (χ4v) is 3.34. The van der Waals surface area contributed by atoms with Gasteiger partial charge in [0.05, 0.1) is 36.0 Å². The summed E-state index contributed by atoms with van der Waals surface area (Å²) in [6.45, 7) is -2.71. The molecule has 0 amide bonds. The van der Waals surface area contributed by atoms with Crippen molar-refractivity contribution in [3.05, 3.63) is 0 Å². The third kappa shape index (κ3) is 10.9. The van der Waals surface area contributed by atoms with Crippen LogP contribution in [0, 0.1) is 0 Å². The van der Waals surface area contributed by atoms with Crippen molar-refractivity contribution < 1.29 is 13.6 Å². The van der Waals surface area contributed by atoms with Gasteiger partial charge in [-0.05, 0) is 11.8 Å². The van der Waals surface area contributed by atoms with Crippen molar-refractivity contribution >= 4 is 88.1 Å². The molecule has 3 nitrogen and oxygen atoms in total. The molecule has 0 N–H and O–H groups in total. The van der Waals surface area contributed by atoms with Crippen LogP contribution in [0.5, 0.6) is 0 Å². The maximum atomic E-state index is 5.86. The minimum absolute atomic E-state index is 0.101. The van der Waals surface area contributed by atoms with Crippen molar-refractivity contribution in [3.8, 4) is 0 Å². The molecule has 0 rings (SSSR count). The van der Waals surface area contributed by atoms with Crippen LogP contribution in [0.4, 0.5) is 0 Å². The molecule has 0 spiro atoms. The molecule has 0 fully saturated rings. The quantitative estimate of drug-likeness (QED) is 0.318. The molecule has 0 heterocycles. The molecule has 122 valence electrons. The molecule has 0 aromatic rings. The Morgan fingerprint density at radius 2 is 0.950 bits per heavy atom. The van der Waals surface area contributed by atoms with Gasteiger partial charge in [-0.2, -0.15) is 0 Å². The maximum Gasteiger partial charge on any atom is 0.327 e. The van der Waals surface area contributed by atoms with Crippen LogP contribution >= 0.6 is 76.3 Å². The van der Waals surface area contributed by atoms with Crippen LogP contribution < -0.4 is 0 Å². The van der Waals surface area contributed by atoms with Crippen molar-refractivity contribution in [2.75, 3.05) is 37.5 Å². The molecule has 0 bridgehead atoms. The highest BCUT2D eigenvalue weighted by Gasteiger charge is 2.25. The van der Waals surface area contributed by atoms with Gasteiger partial charge < -0.3 is 13.6 Å². The smallest absolute Gasteiger partial charge is 0.307 e. The lowest BCUT2D eigenvalue weighted by atomic mass is 10.5. The van der Waals surface area contributed by atoms with Crippen LogP contribution in [0.2, 0.25) is 0 Å². The van der Waals surface area contributed by atoms with Gasteiger partial charge in [-0.25, -0.2) is 0 Å². The summed E-state index contributed by atoms with van der Waals surface area (Å²) in [5, 5.41) is -1.19. The predicted molar refractivity (Wildman–Crippen MR) is 93.2 cm³/mol. The van der Waals surface area contributed by atoms with E-state index >= 15 is 0 Å². The molecule has 0 saturated heterocycles. The van der Waals surface area contributed by atoms with Crippen LogP contribution in [-0.2, 0) is 25.4 Å². The first-order chi connectivity index (χ1) is 9.36. The van der Waals surface area contributed by atoms with E-state index in [2.05, 4.69) is 0 Å². The molecular weight excluding hydrogens is 432 g/mol. The summed E-state index contributed by atoms with van der Waals surface area (Å²) in [6, 6.07) is 0. The van der Waals surface area contributed by atoms with Gasteiger partial charge in [0.15, 0.2) is 0 Å². The second-order valence-electron chi connectivity index (χ2n) is 3.59. The van der Waals surface area contributed by atoms with Gasteiger partial charge in [-0.15, -0.1) is 69.6 Å². The fraction of sp³-hybridized carbons (Fsp3) is 1.00. The first-order valence-corrected chi connectivity index (χ1v) is 11.0. The molecule has 0 aliphatic rings. The minimum atomic E-state index is -3.02. The zero-order valence-electron chi connectivity index (χ0n) is 10.3. The van der Waals surface area contributed by atoms with Crippen molar-refractivity contribution in [3.63, 3.8) is 0 Å². The van der Waals surface area contributed by atoms with Gasteiger partial charge in [0.25, 0.3) is 0 Å². The Balaban J connectivity index is 4.45. The summed E-state index contributed by atoms with van der Waals surface area (Å²) in [7, 11) is 0. The number of hydrogen-bond acceptors (Lipinski definition) is 4. The van der Waals surface area contributed by atoms with Gasteiger partial charge in [0.2, 0.25) is 0 Å². The lowest BCUT2D eigenvalue weighted by molar-refractivity contribution is 0.160. The van der Waals surface area contributed by atoms with Crippen molar-refractivity contribution in [2.24, 2.45) is 0 Å². The number of halogens is 6. The zero-order valence-corrected chi connectivity index (χ0v) is 16.6. The van der Waals surface area contributed by atoms with Crippen molar-refractivity contribution in [1.82, 2.24) is 0 Å². The molecule has 0 aliphatic carbocycles. The summed E-state index contributed by atoms with van der Waals surface area (Å²) in [4.78, 5) is 0. The SMILES string of the molecule is S=P(OCC(Cl)CCl)(OCC(Cl)CCl)OCC(Cl)CCl. The molecule has 20 heavy (non-hydrogen) atoms. The van der Waals surface area contributed by atoms with E-state index in [1.54, 1.807) is 0 Å². The Morgan fingerprint density at radius 1 is 0.700 bits per heavy atom. The van der Waals surface area contributed by atoms with E-state index < -0.39 is 22.8 Å². The van der Waals surface area contributed by atoms with E-state index in [-0.39, 0.29) is 37.5 Å². The molecule has 3 unspecified atom stereocenters. The lowest BCUT2D eigenvalue weighted by Crippen LogP contribution is -2.17. The van der Waals surface area contributed by atoms with Gasteiger partial charge >= 0.3 is 6.72 Å². The normalized spacial score (nSPS) is 19.3. The first kappa shape index (κ1) is 22.3. The first-order valence-electron chi connectivity index (χ1n) is 5.50. The third-order valence-electron chi connectivity index (χ3n) is 1.74. The van der Waals surface area contributed by atoms with Crippen molar-refractivity contribution in [1.29, 1.82) is 0 Å². The van der Waals surface area contributed by atoms with E-state index in [0.717, 1.165) is 0 Å². The fourth-order valence-electron chi connectivity index (χ4n) is 0.762. The molecule has 0 radical (unpaired) electrons. The van der Waals surface area contributed by atoms with Gasteiger partial charge in [-0.3, -0.25) is 0 Å². The van der Waals surface area contributed by atoms with Gasteiger partial charge in [-0.1, -0.05) is 0 Å². The maximum absolute atomic E-state index is 5.86. The van der Waals surface area contributed by atoms with Crippen molar-refractivity contribution in [2.45, 2.75) is 16.1 Å². The average molecular weight is 447 g/mol. The number of hydrogen-bond donors (Lipinski definition) is 0. The second-order valence-corrected chi connectivity index (χ2v) is 9.38. The van der Waals surface area contributed by atoms with Crippen LogP contribution in [0.25, 0.3) is 0 Å². The van der Waals surface area contributed by atoms with Crippen LogP contribution in [0.3, 0.4) is 0 Å². The van der Waals surface area contributed by atoms with E-state index in [1.165, 1.54) is 0 Å². The highest BCUT2D eigenvalue weighted by atomic mass is 35.5. The van der Waals surface area contributed by atoms with E-state index in [1.807, 2.05) is 0 Å². The highest BCUT2D eigenvalue weighted by molar-refractivity contribution is 8.07. The van der Waals surface area contributed by atoms with Gasteiger partial charge in [0, 0.05) is 17.6 Å². The average Bonchev–Trinajstić information content (AvgIpc) is 2.47. The van der Waals surface area contributed by atoms with Crippen LogP contribution in [-0.4, -0.2) is 53.6 Å². The Kier molecular flexibility index (Phi) is 14.1. The molecule has 3 atom stereocenters. The standard InChI is InChI=1S/C9H15Cl6O3PS/c10-1-7(13)4-16-19(20,17-5-8(14)2-11)18-6-9(15)3-12/h7-9H,1-6H2. The van der Waals surface area contributed by atoms with Crippen LogP contribution in [0.1, 0.15) is 0 Å². The molecular formula is C9H15Cl6O3PS. The van der Waals surface area contributed by atoms with E-state index in [9.17, 15) is 0 Å². The molecule has 0 aromatic carbocycles. The Labute approximate surface area is 154 Å². The summed E-state index contributed by atoms with van der Waals surface area (Å²) in [6.07, 6.45) is 0. The molecule has 0 aliphatic heterocycles. The summed E-state index contributed by atoms with van der Waals surface area (Å²) in [5.74, 6) is 0.656. The largest absolute Gasteiger partial charge is 0.327 e. The monoisotopic (exact) mass is 444 g/mol. The summed E-state index contributed by atoms with van der Waals surface area (Å²) in [5.41, 5.74) is 0. The van der Waals surface area contributed by atoms with E-state index in [4.69, 9.17) is 95.0 Å². The number of rotatable bonds is 12. The number of alkyl halides is 6. The predicted octanol–water partition coefficient (Wildman–Crippen LogP) is 4.80. The second kappa shape index (κ2) is 12.7. The lowest BCUT2D eigenvalue weighted by Gasteiger charge is -2.24. The third-order valence-corrected chi connectivity index (χ3v) is 6.52. The summed E-state index contributed by atoms with van der Waals surface area (Å²) < 4.78 is 16.3. The molecule has 0 aromatic heterocycles. The summed E-state index contributed by atoms with van der Waals surface area (Å²) >= 11 is 39.6. The highest BCUT2D eigenvalue weighted by Crippen LogP contribution is 2.50. The Bertz CT molecular complexity index is 258. The van der Waals surface area contributed by atoms with Crippen LogP contribution in [0.15, 0.2) is 0 Å². The topological polar surface area (TPSA) is 27.7 Å². The van der Waals surface area contributed by atoms with E-state index in [0.29, 0.717) is 0 Å². The minimum Gasteiger partial charge on any atom is -0.307 e. The van der Waals surface area contributed by atoms with Gasteiger partial charge in [0.1, 0.15) is 0 Å². The Morgan fingerprint density at radius 3 is 1.15 bits per heavy atom. The Hall–Kier alpha value is 2.27. The molecule has 0 saturated carbocycles. The zero-order chi connectivity index (χ0) is 15.6. The molecule has 11 heteroatoms.